The van der Waals surface area contributed by atoms with Gasteiger partial charge >= 0.3 is 0 Å². The Balaban J connectivity index is 2.00. The molecule has 0 unspecified atom stereocenters. The lowest BCUT2D eigenvalue weighted by molar-refractivity contribution is 1.58. The molecule has 0 saturated carbocycles. The fourth-order valence-electron chi connectivity index (χ4n) is 1.97. The smallest absolute Gasteiger partial charge is 0.0181 e. The van der Waals surface area contributed by atoms with Gasteiger partial charge in [-0.05, 0) is 45.0 Å². The highest BCUT2D eigenvalue weighted by Gasteiger charge is 2.06. The van der Waals surface area contributed by atoms with Crippen LogP contribution in [0.15, 0.2) is 71.2 Å². The second-order valence-electron chi connectivity index (χ2n) is 4.23. The Hall–Kier alpha value is -1.00. The molecule has 1 aliphatic heterocycles. The summed E-state index contributed by atoms with van der Waals surface area (Å²) in [6, 6.07) is 19.2. The second kappa shape index (κ2) is 5.97. The summed E-state index contributed by atoms with van der Waals surface area (Å²) in [4.78, 5) is 0. The van der Waals surface area contributed by atoms with Gasteiger partial charge in [0.15, 0.2) is 0 Å². The van der Waals surface area contributed by atoms with Crippen LogP contribution in [0.1, 0.15) is 11.1 Å². The van der Waals surface area contributed by atoms with Gasteiger partial charge in [0, 0.05) is 8.05 Å². The van der Waals surface area contributed by atoms with Crippen molar-refractivity contribution in [3.63, 3.8) is 0 Å². The topological polar surface area (TPSA) is 0 Å². The molecule has 94 valence electrons. The van der Waals surface area contributed by atoms with E-state index in [0.717, 1.165) is 4.47 Å². The summed E-state index contributed by atoms with van der Waals surface area (Å²) in [5.41, 5.74) is 3.92. The molecule has 2 aromatic carbocycles. The molecule has 0 nitrogen and oxygen atoms in total. The first-order chi connectivity index (χ1) is 9.33. The van der Waals surface area contributed by atoms with Gasteiger partial charge in [0.1, 0.15) is 0 Å². The Kier molecular flexibility index (Phi) is 4.09. The van der Waals surface area contributed by atoms with E-state index in [1.54, 1.807) is 0 Å². The van der Waals surface area contributed by atoms with Crippen molar-refractivity contribution < 1.29 is 0 Å². The highest BCUT2D eigenvalue weighted by Crippen LogP contribution is 2.34. The summed E-state index contributed by atoms with van der Waals surface area (Å²) in [6.07, 6.45) is 4.59. The van der Waals surface area contributed by atoms with Crippen molar-refractivity contribution in [1.82, 2.24) is 0 Å². The van der Waals surface area contributed by atoms with Crippen molar-refractivity contribution in [2.75, 3.05) is 0 Å². The van der Waals surface area contributed by atoms with Gasteiger partial charge in [0.25, 0.3) is 0 Å². The molecule has 0 radical (unpaired) electrons. The molecule has 0 atom stereocenters. The molecular weight excluding hydrogens is 411 g/mol. The molecule has 1 aliphatic rings. The molecule has 0 aromatic heterocycles. The zero-order valence-corrected chi connectivity index (χ0v) is 13.9. The third-order valence-corrected chi connectivity index (χ3v) is 5.73. The van der Waals surface area contributed by atoms with E-state index in [1.165, 1.54) is 20.3 Å². The molecular formula is C17H12BrI. The van der Waals surface area contributed by atoms with E-state index in [0.29, 0.717) is 0 Å². The summed E-state index contributed by atoms with van der Waals surface area (Å²) < 4.78 is 4.95. The minimum Gasteiger partial charge on any atom is -0.0849 e. The average molecular weight is 423 g/mol. The number of rotatable bonds is 2. The first kappa shape index (κ1) is 13.0. The number of allylic oxidation sites excluding steroid dienone is 3. The number of hydrogen-bond donors (Lipinski definition) is 0. The van der Waals surface area contributed by atoms with E-state index >= 15 is 0 Å². The Morgan fingerprint density at radius 3 is 2.42 bits per heavy atom. The van der Waals surface area contributed by atoms with Gasteiger partial charge < -0.3 is 0 Å². The van der Waals surface area contributed by atoms with Gasteiger partial charge in [-0.3, -0.25) is 0 Å². The van der Waals surface area contributed by atoms with E-state index in [9.17, 15) is 0 Å². The van der Waals surface area contributed by atoms with E-state index < -0.39 is 0 Å². The van der Waals surface area contributed by atoms with E-state index in [4.69, 9.17) is 0 Å². The van der Waals surface area contributed by atoms with Gasteiger partial charge in [-0.15, -0.1) is 0 Å². The highest BCUT2D eigenvalue weighted by atomic mass is 127. The molecule has 0 bridgehead atoms. The first-order valence-corrected chi connectivity index (χ1v) is 9.14. The third kappa shape index (κ3) is 3.12. The predicted octanol–water partition coefficient (Wildman–Crippen LogP) is 5.66. The van der Waals surface area contributed by atoms with E-state index in [1.807, 2.05) is 0 Å². The van der Waals surface area contributed by atoms with Crippen LogP contribution in [0.4, 0.5) is 0 Å². The van der Waals surface area contributed by atoms with Gasteiger partial charge in [0.05, 0.1) is 0 Å². The Bertz CT molecular complexity index is 681. The van der Waals surface area contributed by atoms with Crippen molar-refractivity contribution in [3.8, 4) is 0 Å². The Morgan fingerprint density at radius 2 is 1.63 bits per heavy atom. The van der Waals surface area contributed by atoms with Crippen LogP contribution in [0.3, 0.4) is 0 Å². The molecule has 19 heavy (non-hydrogen) atoms. The van der Waals surface area contributed by atoms with Crippen LogP contribution in [0.5, 0.6) is 0 Å². The van der Waals surface area contributed by atoms with Crippen molar-refractivity contribution in [3.05, 3.63) is 82.3 Å². The molecule has 0 aliphatic carbocycles. The second-order valence-corrected chi connectivity index (χ2v) is 7.65. The standard InChI is InChI=1S/C17H12BrI/c18-16-8-4-7-14(11-16)15-9-10-19-17(12-15)13-5-2-1-3-6-13/h1-12H. The van der Waals surface area contributed by atoms with Crippen LogP contribution >= 0.6 is 36.7 Å². The number of hydrogen-bond acceptors (Lipinski definition) is 0. The fraction of sp³-hybridized carbons (Fsp3) is 0. The molecule has 0 N–H and O–H groups in total. The lowest BCUT2D eigenvalue weighted by atomic mass is 10.0. The summed E-state index contributed by atoms with van der Waals surface area (Å²) in [6.45, 7) is 0. The predicted molar refractivity (Wildman–Crippen MR) is 96.6 cm³/mol. The first-order valence-electron chi connectivity index (χ1n) is 6.03. The van der Waals surface area contributed by atoms with Crippen LogP contribution in [-0.2, 0) is 0 Å². The van der Waals surface area contributed by atoms with Crippen molar-refractivity contribution >= 4 is 49.8 Å². The minimum absolute atomic E-state index is 0.00884. The van der Waals surface area contributed by atoms with Crippen molar-refractivity contribution in [1.29, 1.82) is 0 Å². The summed E-state index contributed by atoms with van der Waals surface area (Å²) in [7, 11) is 0. The highest BCUT2D eigenvalue weighted by molar-refractivity contribution is 14.2. The van der Waals surface area contributed by atoms with Crippen LogP contribution in [0, 0.1) is 0 Å². The Morgan fingerprint density at radius 1 is 0.842 bits per heavy atom. The van der Waals surface area contributed by atoms with Crippen molar-refractivity contribution in [2.24, 2.45) is 0 Å². The van der Waals surface area contributed by atoms with Gasteiger partial charge in [-0.2, -0.15) is 0 Å². The van der Waals surface area contributed by atoms with Gasteiger partial charge in [0.2, 0.25) is 0 Å². The molecule has 2 aromatic rings. The maximum Gasteiger partial charge on any atom is 0.0181 e. The van der Waals surface area contributed by atoms with E-state index in [2.05, 4.69) is 86.7 Å². The quantitative estimate of drug-likeness (QED) is 0.547. The molecule has 0 fully saturated rings. The van der Waals surface area contributed by atoms with Crippen LogP contribution in [0.25, 0.3) is 9.15 Å². The summed E-state index contributed by atoms with van der Waals surface area (Å²) >= 11 is 3.53. The largest absolute Gasteiger partial charge is 0.0849 e. The van der Waals surface area contributed by atoms with Crippen LogP contribution in [0.2, 0.25) is 0 Å². The molecule has 0 spiro atoms. The number of halogens is 2. The Labute approximate surface area is 131 Å². The van der Waals surface area contributed by atoms with Gasteiger partial charge in [-0.25, -0.2) is 0 Å². The SMILES string of the molecule is Brc1cccc(C2=CC=IC(c3ccccc3)=C2)c1. The maximum absolute atomic E-state index is 3.54. The van der Waals surface area contributed by atoms with Crippen LogP contribution in [-0.4, -0.2) is 4.01 Å². The monoisotopic (exact) mass is 422 g/mol. The summed E-state index contributed by atoms with van der Waals surface area (Å²) in [5, 5.41) is 0. The zero-order valence-electron chi connectivity index (χ0n) is 10.2. The molecule has 3 rings (SSSR count). The molecule has 2 heteroatoms. The number of benzene rings is 2. The van der Waals surface area contributed by atoms with Crippen molar-refractivity contribution in [2.45, 2.75) is 0 Å². The van der Waals surface area contributed by atoms with E-state index in [-0.39, 0.29) is 20.7 Å². The maximum atomic E-state index is 3.54. The van der Waals surface area contributed by atoms with Gasteiger partial charge in [-0.1, -0.05) is 79.1 Å². The lowest BCUT2D eigenvalue weighted by Gasteiger charge is -2.10. The van der Waals surface area contributed by atoms with Crippen LogP contribution < -0.4 is 0 Å². The zero-order chi connectivity index (χ0) is 13.1. The molecule has 1 heterocycles. The average Bonchev–Trinajstić information content (AvgIpc) is 2.48. The summed E-state index contributed by atoms with van der Waals surface area (Å²) in [5.74, 6) is 0. The molecule has 0 saturated heterocycles. The minimum atomic E-state index is -0.00884. The fourth-order valence-corrected chi connectivity index (χ4v) is 4.56. The lowest BCUT2D eigenvalue weighted by Crippen LogP contribution is -1.87. The third-order valence-electron chi connectivity index (χ3n) is 2.91. The normalized spacial score (nSPS) is 14.4. The molecule has 0 amide bonds.